The van der Waals surface area contributed by atoms with Crippen LogP contribution in [-0.4, -0.2) is 19.6 Å². The van der Waals surface area contributed by atoms with Crippen LogP contribution in [0.25, 0.3) is 0 Å². The van der Waals surface area contributed by atoms with Crippen molar-refractivity contribution < 1.29 is 0 Å². The molecular weight excluding hydrogens is 208 g/mol. The molecule has 2 heteroatoms. The van der Waals surface area contributed by atoms with Gasteiger partial charge in [-0.25, -0.2) is 0 Å². The fourth-order valence-electron chi connectivity index (χ4n) is 2.81. The Bertz CT molecular complexity index is 360. The number of anilines is 1. The van der Waals surface area contributed by atoms with Crippen molar-refractivity contribution in [3.63, 3.8) is 0 Å². The predicted molar refractivity (Wildman–Crippen MR) is 74.5 cm³/mol. The van der Waals surface area contributed by atoms with Crippen molar-refractivity contribution >= 4 is 5.69 Å². The molecule has 0 aromatic heterocycles. The highest BCUT2D eigenvalue weighted by Crippen LogP contribution is 2.38. The van der Waals surface area contributed by atoms with Gasteiger partial charge in [0.25, 0.3) is 0 Å². The Morgan fingerprint density at radius 1 is 1.35 bits per heavy atom. The molecule has 1 unspecified atom stereocenters. The van der Waals surface area contributed by atoms with Crippen LogP contribution in [0.2, 0.25) is 0 Å². The van der Waals surface area contributed by atoms with Crippen LogP contribution in [0.3, 0.4) is 0 Å². The van der Waals surface area contributed by atoms with Gasteiger partial charge in [-0.15, -0.1) is 0 Å². The largest absolute Gasteiger partial charge is 0.370 e. The van der Waals surface area contributed by atoms with E-state index in [-0.39, 0.29) is 0 Å². The first-order valence-electron chi connectivity index (χ1n) is 6.76. The van der Waals surface area contributed by atoms with Gasteiger partial charge >= 0.3 is 0 Å². The van der Waals surface area contributed by atoms with E-state index in [1.807, 2.05) is 0 Å². The van der Waals surface area contributed by atoms with Crippen LogP contribution in [-0.2, 0) is 0 Å². The minimum absolute atomic E-state index is 0.688. The number of rotatable bonds is 5. The Balaban J connectivity index is 2.14. The van der Waals surface area contributed by atoms with Gasteiger partial charge in [0.2, 0.25) is 0 Å². The summed E-state index contributed by atoms with van der Waals surface area (Å²) >= 11 is 0. The normalized spacial score (nSPS) is 18.8. The minimum atomic E-state index is 0.688. The molecule has 1 aromatic carbocycles. The molecule has 0 spiro atoms. The number of benzene rings is 1. The van der Waals surface area contributed by atoms with Crippen molar-refractivity contribution in [2.24, 2.45) is 11.7 Å². The summed E-state index contributed by atoms with van der Waals surface area (Å²) in [5.41, 5.74) is 8.61. The van der Waals surface area contributed by atoms with Crippen molar-refractivity contribution in [1.29, 1.82) is 0 Å². The molecule has 1 aliphatic rings. The summed E-state index contributed by atoms with van der Waals surface area (Å²) in [6.45, 7) is 7.72. The summed E-state index contributed by atoms with van der Waals surface area (Å²) in [5, 5.41) is 0. The Morgan fingerprint density at radius 3 is 2.82 bits per heavy atom. The molecule has 17 heavy (non-hydrogen) atoms. The van der Waals surface area contributed by atoms with E-state index in [2.05, 4.69) is 43.0 Å². The molecule has 2 nitrogen and oxygen atoms in total. The highest BCUT2D eigenvalue weighted by atomic mass is 15.2. The van der Waals surface area contributed by atoms with Crippen molar-refractivity contribution in [3.8, 4) is 0 Å². The molecule has 0 saturated heterocycles. The fraction of sp³-hybridized carbons (Fsp3) is 0.600. The summed E-state index contributed by atoms with van der Waals surface area (Å²) in [4.78, 5) is 2.54. The van der Waals surface area contributed by atoms with Crippen molar-refractivity contribution in [2.45, 2.75) is 32.6 Å². The molecule has 2 rings (SSSR count). The van der Waals surface area contributed by atoms with E-state index in [9.17, 15) is 0 Å². The van der Waals surface area contributed by atoms with E-state index >= 15 is 0 Å². The average Bonchev–Trinajstić information content (AvgIpc) is 2.65. The zero-order valence-electron chi connectivity index (χ0n) is 11.0. The van der Waals surface area contributed by atoms with E-state index in [0.29, 0.717) is 5.92 Å². The topological polar surface area (TPSA) is 29.3 Å². The van der Waals surface area contributed by atoms with Crippen LogP contribution in [0.15, 0.2) is 24.3 Å². The SMILES string of the molecule is CC(C)CN1CC(CCCN)c2ccccc21. The van der Waals surface area contributed by atoms with Crippen LogP contribution in [0, 0.1) is 5.92 Å². The Hall–Kier alpha value is -1.02. The molecule has 94 valence electrons. The van der Waals surface area contributed by atoms with Crippen LogP contribution in [0.1, 0.15) is 38.2 Å². The number of hydrogen-bond donors (Lipinski definition) is 1. The van der Waals surface area contributed by atoms with Crippen LogP contribution >= 0.6 is 0 Å². The third kappa shape index (κ3) is 2.81. The molecule has 0 radical (unpaired) electrons. The van der Waals surface area contributed by atoms with E-state index in [4.69, 9.17) is 5.73 Å². The monoisotopic (exact) mass is 232 g/mol. The zero-order chi connectivity index (χ0) is 12.3. The van der Waals surface area contributed by atoms with Crippen molar-refractivity contribution in [3.05, 3.63) is 29.8 Å². The summed E-state index contributed by atoms with van der Waals surface area (Å²) < 4.78 is 0. The summed E-state index contributed by atoms with van der Waals surface area (Å²) in [6.07, 6.45) is 2.36. The van der Waals surface area contributed by atoms with E-state index in [1.54, 1.807) is 0 Å². The molecule has 1 atom stereocenters. The molecule has 1 heterocycles. The maximum atomic E-state index is 5.63. The quantitative estimate of drug-likeness (QED) is 0.845. The molecule has 0 fully saturated rings. The molecule has 0 bridgehead atoms. The smallest absolute Gasteiger partial charge is 0.0402 e. The van der Waals surface area contributed by atoms with Gasteiger partial charge in [-0.2, -0.15) is 0 Å². The van der Waals surface area contributed by atoms with Gasteiger partial charge in [-0.3, -0.25) is 0 Å². The molecule has 1 aromatic rings. The highest BCUT2D eigenvalue weighted by molar-refractivity contribution is 5.60. The first kappa shape index (κ1) is 12.4. The van der Waals surface area contributed by atoms with Gasteiger partial charge in [0.15, 0.2) is 0 Å². The molecule has 1 aliphatic heterocycles. The third-order valence-corrected chi connectivity index (χ3v) is 3.50. The van der Waals surface area contributed by atoms with Crippen LogP contribution in [0.4, 0.5) is 5.69 Å². The van der Waals surface area contributed by atoms with Crippen LogP contribution in [0.5, 0.6) is 0 Å². The summed E-state index contributed by atoms with van der Waals surface area (Å²) in [5.74, 6) is 1.41. The second kappa shape index (κ2) is 5.54. The van der Waals surface area contributed by atoms with Gasteiger partial charge in [0.05, 0.1) is 0 Å². The highest BCUT2D eigenvalue weighted by Gasteiger charge is 2.27. The maximum Gasteiger partial charge on any atom is 0.0402 e. The first-order chi connectivity index (χ1) is 8.22. The van der Waals surface area contributed by atoms with Crippen molar-refractivity contribution in [1.82, 2.24) is 0 Å². The minimum Gasteiger partial charge on any atom is -0.370 e. The Kier molecular flexibility index (Phi) is 4.06. The molecule has 0 amide bonds. The van der Waals surface area contributed by atoms with E-state index < -0.39 is 0 Å². The van der Waals surface area contributed by atoms with Gasteiger partial charge < -0.3 is 10.6 Å². The van der Waals surface area contributed by atoms with E-state index in [0.717, 1.165) is 25.4 Å². The standard InChI is InChI=1S/C15H24N2/c1-12(2)10-17-11-13(6-5-9-16)14-7-3-4-8-15(14)17/h3-4,7-8,12-13H,5-6,9-11,16H2,1-2H3. The molecule has 0 aliphatic carbocycles. The fourth-order valence-corrected chi connectivity index (χ4v) is 2.81. The molecule has 0 saturated carbocycles. The summed E-state index contributed by atoms with van der Waals surface area (Å²) in [7, 11) is 0. The van der Waals surface area contributed by atoms with Gasteiger partial charge in [-0.1, -0.05) is 32.0 Å². The number of para-hydroxylation sites is 1. The number of hydrogen-bond acceptors (Lipinski definition) is 2. The lowest BCUT2D eigenvalue weighted by molar-refractivity contribution is 0.571. The first-order valence-corrected chi connectivity index (χ1v) is 6.76. The lowest BCUT2D eigenvalue weighted by atomic mass is 9.96. The Morgan fingerprint density at radius 2 is 2.12 bits per heavy atom. The maximum absolute atomic E-state index is 5.63. The lowest BCUT2D eigenvalue weighted by Crippen LogP contribution is -2.26. The van der Waals surface area contributed by atoms with Crippen LogP contribution < -0.4 is 10.6 Å². The number of nitrogens with two attached hydrogens (primary N) is 1. The van der Waals surface area contributed by atoms with Gasteiger partial charge in [-0.05, 0) is 36.9 Å². The van der Waals surface area contributed by atoms with Crippen molar-refractivity contribution in [2.75, 3.05) is 24.5 Å². The zero-order valence-corrected chi connectivity index (χ0v) is 11.0. The van der Waals surface area contributed by atoms with E-state index in [1.165, 1.54) is 24.2 Å². The van der Waals surface area contributed by atoms with Gasteiger partial charge in [0.1, 0.15) is 0 Å². The molecular formula is C15H24N2. The van der Waals surface area contributed by atoms with Gasteiger partial charge in [0, 0.05) is 24.7 Å². The Labute approximate surface area is 105 Å². The summed E-state index contributed by atoms with van der Waals surface area (Å²) in [6, 6.07) is 8.86. The second-order valence-corrected chi connectivity index (χ2v) is 5.49. The average molecular weight is 232 g/mol. The lowest BCUT2D eigenvalue weighted by Gasteiger charge is -2.22. The number of nitrogens with zero attached hydrogens (tertiary/aromatic N) is 1. The third-order valence-electron chi connectivity index (χ3n) is 3.50. The predicted octanol–water partition coefficient (Wildman–Crippen LogP) is 2.99. The second-order valence-electron chi connectivity index (χ2n) is 5.49. The number of fused-ring (bicyclic) bond motifs is 1. The molecule has 2 N–H and O–H groups in total.